The zero-order chi connectivity index (χ0) is 16.7. The predicted molar refractivity (Wildman–Crippen MR) is 88.8 cm³/mol. The van der Waals surface area contributed by atoms with Gasteiger partial charge in [0.25, 0.3) is 0 Å². The Morgan fingerprint density at radius 1 is 1.13 bits per heavy atom. The van der Waals surface area contributed by atoms with Crippen LogP contribution in [0.1, 0.15) is 25.3 Å². The maximum Gasteiger partial charge on any atom is 0.233 e. The molecule has 1 heterocycles. The maximum atomic E-state index is 11.8. The Morgan fingerprint density at radius 3 is 2.48 bits per heavy atom. The summed E-state index contributed by atoms with van der Waals surface area (Å²) in [6.45, 7) is 1.93. The fourth-order valence-electron chi connectivity index (χ4n) is 1.83. The molecule has 0 fully saturated rings. The van der Waals surface area contributed by atoms with Gasteiger partial charge in [0.15, 0.2) is 11.6 Å². The van der Waals surface area contributed by atoms with E-state index in [2.05, 4.69) is 26.3 Å². The van der Waals surface area contributed by atoms with Crippen molar-refractivity contribution in [1.82, 2.24) is 10.2 Å². The Bertz CT molecular complexity index is 797. The Hall–Kier alpha value is -2.66. The summed E-state index contributed by atoms with van der Waals surface area (Å²) in [6, 6.07) is 12.2. The van der Waals surface area contributed by atoms with Crippen LogP contribution in [0.3, 0.4) is 0 Å². The summed E-state index contributed by atoms with van der Waals surface area (Å²) < 4.78 is 26.0. The van der Waals surface area contributed by atoms with E-state index >= 15 is 0 Å². The van der Waals surface area contributed by atoms with E-state index in [0.29, 0.717) is 23.5 Å². The molecule has 0 aliphatic heterocycles. The van der Waals surface area contributed by atoms with Gasteiger partial charge in [-0.25, -0.2) is 8.42 Å². The number of anilines is 3. The number of rotatable bonds is 7. The highest BCUT2D eigenvalue weighted by Crippen LogP contribution is 2.19. The van der Waals surface area contributed by atoms with Crippen molar-refractivity contribution in [3.8, 4) is 6.07 Å². The van der Waals surface area contributed by atoms with Crippen LogP contribution < -0.4 is 10.0 Å². The second-order valence-corrected chi connectivity index (χ2v) is 6.70. The second kappa shape index (κ2) is 7.56. The monoisotopic (exact) mass is 331 g/mol. The standard InChI is InChI=1S/C15H17N5O2S/c1-2-3-10-23(21,22)20-15-9-8-14(18-19-15)17-13-7-5-4-6-12(13)11-16/h4-9H,2-3,10H2,1H3,(H,17,18)(H,19,20). The molecule has 8 heteroatoms. The van der Waals surface area contributed by atoms with Crippen LogP contribution in [0, 0.1) is 11.3 Å². The third kappa shape index (κ3) is 4.93. The Balaban J connectivity index is 2.07. The average Bonchev–Trinajstić information content (AvgIpc) is 2.55. The van der Waals surface area contributed by atoms with Crippen molar-refractivity contribution in [1.29, 1.82) is 5.26 Å². The van der Waals surface area contributed by atoms with Gasteiger partial charge in [-0.15, -0.1) is 10.2 Å². The van der Waals surface area contributed by atoms with Crippen molar-refractivity contribution < 1.29 is 8.42 Å². The second-order valence-electron chi connectivity index (χ2n) is 4.86. The lowest BCUT2D eigenvalue weighted by molar-refractivity contribution is 0.597. The van der Waals surface area contributed by atoms with Gasteiger partial charge in [0.2, 0.25) is 10.0 Å². The molecule has 0 spiro atoms. The lowest BCUT2D eigenvalue weighted by Crippen LogP contribution is -2.17. The first kappa shape index (κ1) is 16.7. The third-order valence-corrected chi connectivity index (χ3v) is 4.35. The molecule has 0 aliphatic carbocycles. The SMILES string of the molecule is CCCCS(=O)(=O)Nc1ccc(Nc2ccccc2C#N)nn1. The molecule has 2 aromatic rings. The minimum absolute atomic E-state index is 0.0563. The van der Waals surface area contributed by atoms with Crippen LogP contribution in [0.2, 0.25) is 0 Å². The molecule has 1 aromatic heterocycles. The van der Waals surface area contributed by atoms with Crippen LogP contribution >= 0.6 is 0 Å². The average molecular weight is 331 g/mol. The normalized spacial score (nSPS) is 10.8. The van der Waals surface area contributed by atoms with Crippen LogP contribution in [0.5, 0.6) is 0 Å². The summed E-state index contributed by atoms with van der Waals surface area (Å²) in [4.78, 5) is 0. The van der Waals surface area contributed by atoms with Crippen LogP contribution in [-0.2, 0) is 10.0 Å². The number of nitrogens with one attached hydrogen (secondary N) is 2. The van der Waals surface area contributed by atoms with E-state index in [9.17, 15) is 8.42 Å². The van der Waals surface area contributed by atoms with Crippen LogP contribution in [0.4, 0.5) is 17.3 Å². The number of unbranched alkanes of at least 4 members (excludes halogenated alkanes) is 1. The minimum Gasteiger partial charge on any atom is -0.338 e. The molecular weight excluding hydrogens is 314 g/mol. The van der Waals surface area contributed by atoms with E-state index in [-0.39, 0.29) is 11.6 Å². The van der Waals surface area contributed by atoms with Crippen molar-refractivity contribution in [3.63, 3.8) is 0 Å². The van der Waals surface area contributed by atoms with Gasteiger partial charge in [-0.1, -0.05) is 25.5 Å². The summed E-state index contributed by atoms with van der Waals surface area (Å²) in [5.74, 6) is 0.644. The lowest BCUT2D eigenvalue weighted by atomic mass is 10.2. The Labute approximate surface area is 135 Å². The molecule has 2 N–H and O–H groups in total. The van der Waals surface area contributed by atoms with Gasteiger partial charge in [0.1, 0.15) is 6.07 Å². The number of sulfonamides is 1. The topological polar surface area (TPSA) is 108 Å². The fourth-order valence-corrected chi connectivity index (χ4v) is 3.02. The molecule has 2 rings (SSSR count). The molecule has 0 bridgehead atoms. The molecule has 120 valence electrons. The number of benzene rings is 1. The highest BCUT2D eigenvalue weighted by atomic mass is 32.2. The summed E-state index contributed by atoms with van der Waals surface area (Å²) in [7, 11) is -3.40. The zero-order valence-corrected chi connectivity index (χ0v) is 13.5. The van der Waals surface area contributed by atoms with Crippen molar-refractivity contribution in [2.75, 3.05) is 15.8 Å². The van der Waals surface area contributed by atoms with E-state index in [1.807, 2.05) is 6.92 Å². The number of hydrogen-bond donors (Lipinski definition) is 2. The summed E-state index contributed by atoms with van der Waals surface area (Å²) in [5, 5.41) is 19.8. The number of para-hydroxylation sites is 1. The molecular formula is C15H17N5O2S. The molecule has 0 atom stereocenters. The smallest absolute Gasteiger partial charge is 0.233 e. The molecule has 0 saturated carbocycles. The van der Waals surface area contributed by atoms with E-state index < -0.39 is 10.0 Å². The van der Waals surface area contributed by atoms with Crippen LogP contribution in [0.15, 0.2) is 36.4 Å². The predicted octanol–water partition coefficient (Wildman–Crippen LogP) is 2.63. The first-order valence-electron chi connectivity index (χ1n) is 7.14. The highest BCUT2D eigenvalue weighted by Gasteiger charge is 2.11. The molecule has 0 radical (unpaired) electrons. The van der Waals surface area contributed by atoms with E-state index in [4.69, 9.17) is 5.26 Å². The molecule has 1 aromatic carbocycles. The number of hydrogen-bond acceptors (Lipinski definition) is 6. The van der Waals surface area contributed by atoms with Gasteiger partial charge < -0.3 is 5.32 Å². The van der Waals surface area contributed by atoms with E-state index in [0.717, 1.165) is 6.42 Å². The van der Waals surface area contributed by atoms with Crippen molar-refractivity contribution in [2.45, 2.75) is 19.8 Å². The molecule has 7 nitrogen and oxygen atoms in total. The fraction of sp³-hybridized carbons (Fsp3) is 0.267. The quantitative estimate of drug-likeness (QED) is 0.807. The summed E-state index contributed by atoms with van der Waals surface area (Å²) >= 11 is 0. The minimum atomic E-state index is -3.40. The Morgan fingerprint density at radius 2 is 1.83 bits per heavy atom. The maximum absolute atomic E-state index is 11.8. The van der Waals surface area contributed by atoms with Crippen molar-refractivity contribution in [3.05, 3.63) is 42.0 Å². The number of nitriles is 1. The van der Waals surface area contributed by atoms with Crippen molar-refractivity contribution in [2.24, 2.45) is 0 Å². The van der Waals surface area contributed by atoms with Crippen molar-refractivity contribution >= 4 is 27.3 Å². The summed E-state index contributed by atoms with van der Waals surface area (Å²) in [6.07, 6.45) is 1.39. The molecule has 0 saturated heterocycles. The van der Waals surface area contributed by atoms with Gasteiger partial charge in [0.05, 0.1) is 17.0 Å². The van der Waals surface area contributed by atoms with E-state index in [1.54, 1.807) is 30.3 Å². The van der Waals surface area contributed by atoms with Crippen LogP contribution in [0.25, 0.3) is 0 Å². The highest BCUT2D eigenvalue weighted by molar-refractivity contribution is 7.92. The lowest BCUT2D eigenvalue weighted by Gasteiger charge is -2.08. The zero-order valence-electron chi connectivity index (χ0n) is 12.7. The van der Waals surface area contributed by atoms with Crippen LogP contribution in [-0.4, -0.2) is 24.4 Å². The molecule has 0 unspecified atom stereocenters. The number of aromatic nitrogens is 2. The summed E-state index contributed by atoms with van der Waals surface area (Å²) in [5.41, 5.74) is 1.10. The number of nitrogens with zero attached hydrogens (tertiary/aromatic N) is 3. The molecule has 0 amide bonds. The van der Waals surface area contributed by atoms with Gasteiger partial charge in [-0.05, 0) is 30.7 Å². The van der Waals surface area contributed by atoms with Gasteiger partial charge >= 0.3 is 0 Å². The molecule has 23 heavy (non-hydrogen) atoms. The van der Waals surface area contributed by atoms with Gasteiger partial charge in [-0.3, -0.25) is 4.72 Å². The van der Waals surface area contributed by atoms with E-state index in [1.165, 1.54) is 6.07 Å². The molecule has 0 aliphatic rings. The first-order chi connectivity index (χ1) is 11.0. The third-order valence-electron chi connectivity index (χ3n) is 3.00. The largest absolute Gasteiger partial charge is 0.338 e. The van der Waals surface area contributed by atoms with Gasteiger partial charge in [-0.2, -0.15) is 5.26 Å². The van der Waals surface area contributed by atoms with Gasteiger partial charge in [0, 0.05) is 0 Å². The Kier molecular flexibility index (Phi) is 5.49. The first-order valence-corrected chi connectivity index (χ1v) is 8.79.